The standard InChI is InChI=1S/C11H15NS2/c13-14-11-6-4-10(5-7-11)12-8-2-1-3-9-12/h4-7,13H,1-3,8-9H2. The van der Waals surface area contributed by atoms with Crippen LogP contribution in [0.4, 0.5) is 5.69 Å². The summed E-state index contributed by atoms with van der Waals surface area (Å²) in [6.07, 6.45) is 4.06. The van der Waals surface area contributed by atoms with Crippen molar-refractivity contribution in [2.45, 2.75) is 24.2 Å². The van der Waals surface area contributed by atoms with Crippen LogP contribution in [0.1, 0.15) is 19.3 Å². The molecule has 76 valence electrons. The van der Waals surface area contributed by atoms with Crippen LogP contribution in [0, 0.1) is 0 Å². The molecule has 0 N–H and O–H groups in total. The Hall–Kier alpha value is -0.280. The molecule has 1 aromatic rings. The lowest BCUT2D eigenvalue weighted by Gasteiger charge is -2.28. The molecule has 1 aromatic carbocycles. The van der Waals surface area contributed by atoms with E-state index in [9.17, 15) is 0 Å². The Balaban J connectivity index is 2.07. The number of benzene rings is 1. The Bertz CT molecular complexity index is 278. The molecule has 1 saturated heterocycles. The zero-order valence-corrected chi connectivity index (χ0v) is 9.86. The average Bonchev–Trinajstić information content (AvgIpc) is 2.30. The van der Waals surface area contributed by atoms with Crippen LogP contribution in [-0.4, -0.2) is 13.1 Å². The average molecular weight is 225 g/mol. The molecule has 1 heterocycles. The fourth-order valence-corrected chi connectivity index (χ4v) is 2.49. The van der Waals surface area contributed by atoms with E-state index in [1.165, 1.54) is 53.7 Å². The molecule has 0 aromatic heterocycles. The zero-order chi connectivity index (χ0) is 9.80. The topological polar surface area (TPSA) is 3.24 Å². The summed E-state index contributed by atoms with van der Waals surface area (Å²) in [4.78, 5) is 3.69. The summed E-state index contributed by atoms with van der Waals surface area (Å²) in [7, 11) is 1.50. The second kappa shape index (κ2) is 4.99. The van der Waals surface area contributed by atoms with Gasteiger partial charge in [-0.15, -0.1) is 11.7 Å². The van der Waals surface area contributed by atoms with Gasteiger partial charge in [-0.2, -0.15) is 0 Å². The third kappa shape index (κ3) is 2.39. The fourth-order valence-electron chi connectivity index (χ4n) is 1.87. The maximum absolute atomic E-state index is 4.17. The summed E-state index contributed by atoms with van der Waals surface area (Å²) in [5.74, 6) is 0. The molecule has 1 fully saturated rings. The SMILES string of the molecule is SSc1ccc(N2CCCCC2)cc1. The Morgan fingerprint density at radius 1 is 1.00 bits per heavy atom. The normalized spacial score (nSPS) is 17.1. The molecule has 0 saturated carbocycles. The van der Waals surface area contributed by atoms with Crippen LogP contribution < -0.4 is 4.90 Å². The molecule has 14 heavy (non-hydrogen) atoms. The van der Waals surface area contributed by atoms with Crippen LogP contribution in [0.3, 0.4) is 0 Å². The fraction of sp³-hybridized carbons (Fsp3) is 0.455. The largest absolute Gasteiger partial charge is 0.372 e. The highest BCUT2D eigenvalue weighted by molar-refractivity contribution is 8.68. The third-order valence-electron chi connectivity index (χ3n) is 2.66. The molecule has 0 atom stereocenters. The summed E-state index contributed by atoms with van der Waals surface area (Å²) in [5.41, 5.74) is 1.36. The van der Waals surface area contributed by atoms with Crippen LogP contribution in [-0.2, 0) is 0 Å². The van der Waals surface area contributed by atoms with Crippen molar-refractivity contribution < 1.29 is 0 Å². The van der Waals surface area contributed by atoms with Crippen LogP contribution >= 0.6 is 22.5 Å². The highest BCUT2D eigenvalue weighted by Crippen LogP contribution is 2.25. The summed E-state index contributed by atoms with van der Waals surface area (Å²) in [6, 6.07) is 8.68. The first-order chi connectivity index (χ1) is 6.90. The molecule has 1 aliphatic heterocycles. The van der Waals surface area contributed by atoms with Gasteiger partial charge in [0.1, 0.15) is 0 Å². The van der Waals surface area contributed by atoms with Gasteiger partial charge in [0.25, 0.3) is 0 Å². The van der Waals surface area contributed by atoms with Gasteiger partial charge >= 0.3 is 0 Å². The van der Waals surface area contributed by atoms with E-state index in [1.807, 2.05) is 0 Å². The van der Waals surface area contributed by atoms with Gasteiger partial charge < -0.3 is 4.90 Å². The van der Waals surface area contributed by atoms with E-state index in [1.54, 1.807) is 0 Å². The number of nitrogens with zero attached hydrogens (tertiary/aromatic N) is 1. The lowest BCUT2D eigenvalue weighted by atomic mass is 10.1. The van der Waals surface area contributed by atoms with Gasteiger partial charge in [-0.25, -0.2) is 0 Å². The summed E-state index contributed by atoms with van der Waals surface area (Å²) >= 11 is 4.17. The molecule has 0 unspecified atom stereocenters. The van der Waals surface area contributed by atoms with E-state index in [-0.39, 0.29) is 0 Å². The van der Waals surface area contributed by atoms with Gasteiger partial charge in [-0.05, 0) is 43.5 Å². The Labute approximate surface area is 94.7 Å². The summed E-state index contributed by atoms with van der Waals surface area (Å²) in [6.45, 7) is 2.43. The first kappa shape index (κ1) is 10.2. The first-order valence-corrected chi connectivity index (χ1v) is 6.93. The third-order valence-corrected chi connectivity index (χ3v) is 3.78. The van der Waals surface area contributed by atoms with Crippen molar-refractivity contribution >= 4 is 28.1 Å². The predicted octanol–water partition coefficient (Wildman–Crippen LogP) is 3.61. The number of hydrogen-bond acceptors (Lipinski definition) is 3. The lowest BCUT2D eigenvalue weighted by Crippen LogP contribution is -2.29. The van der Waals surface area contributed by atoms with Crippen molar-refractivity contribution in [1.82, 2.24) is 0 Å². The van der Waals surface area contributed by atoms with Gasteiger partial charge in [0.15, 0.2) is 0 Å². The number of rotatable bonds is 2. The van der Waals surface area contributed by atoms with E-state index in [0.717, 1.165) is 0 Å². The molecule has 0 spiro atoms. The van der Waals surface area contributed by atoms with Gasteiger partial charge in [0, 0.05) is 23.7 Å². The van der Waals surface area contributed by atoms with Gasteiger partial charge in [0.05, 0.1) is 0 Å². The molecule has 0 amide bonds. The lowest BCUT2D eigenvalue weighted by molar-refractivity contribution is 0.578. The van der Waals surface area contributed by atoms with E-state index < -0.39 is 0 Å². The number of anilines is 1. The van der Waals surface area contributed by atoms with Crippen molar-refractivity contribution in [3.63, 3.8) is 0 Å². The highest BCUT2D eigenvalue weighted by atomic mass is 33.1. The monoisotopic (exact) mass is 225 g/mol. The zero-order valence-electron chi connectivity index (χ0n) is 8.15. The van der Waals surface area contributed by atoms with Crippen molar-refractivity contribution in [1.29, 1.82) is 0 Å². The van der Waals surface area contributed by atoms with Crippen molar-refractivity contribution in [3.8, 4) is 0 Å². The molecular weight excluding hydrogens is 210 g/mol. The smallest absolute Gasteiger partial charge is 0.0366 e. The van der Waals surface area contributed by atoms with Crippen molar-refractivity contribution in [2.75, 3.05) is 18.0 Å². The first-order valence-electron chi connectivity index (χ1n) is 5.06. The van der Waals surface area contributed by atoms with Crippen molar-refractivity contribution in [2.24, 2.45) is 0 Å². The summed E-state index contributed by atoms with van der Waals surface area (Å²) < 4.78 is 0. The molecule has 1 nitrogen and oxygen atoms in total. The van der Waals surface area contributed by atoms with Gasteiger partial charge in [-0.3, -0.25) is 0 Å². The van der Waals surface area contributed by atoms with Gasteiger partial charge in [0.2, 0.25) is 0 Å². The minimum Gasteiger partial charge on any atom is -0.372 e. The molecule has 3 heteroatoms. The van der Waals surface area contributed by atoms with Gasteiger partial charge in [-0.1, -0.05) is 10.8 Å². The van der Waals surface area contributed by atoms with E-state index in [4.69, 9.17) is 0 Å². The Kier molecular flexibility index (Phi) is 3.65. The number of piperidine rings is 1. The van der Waals surface area contributed by atoms with Crippen LogP contribution in [0.5, 0.6) is 0 Å². The molecular formula is C11H15NS2. The molecule has 0 bridgehead atoms. The van der Waals surface area contributed by atoms with Crippen LogP contribution in [0.2, 0.25) is 0 Å². The molecule has 0 aliphatic carbocycles. The highest BCUT2D eigenvalue weighted by Gasteiger charge is 2.09. The van der Waals surface area contributed by atoms with Crippen LogP contribution in [0.15, 0.2) is 29.2 Å². The molecule has 2 rings (SSSR count). The maximum Gasteiger partial charge on any atom is 0.0366 e. The summed E-state index contributed by atoms with van der Waals surface area (Å²) in [5, 5.41) is 0. The number of thiol groups is 1. The Morgan fingerprint density at radius 2 is 1.64 bits per heavy atom. The number of hydrogen-bond donors (Lipinski definition) is 1. The minimum absolute atomic E-state index is 1.22. The van der Waals surface area contributed by atoms with Crippen molar-refractivity contribution in [3.05, 3.63) is 24.3 Å². The molecule has 0 radical (unpaired) electrons. The molecule has 1 aliphatic rings. The van der Waals surface area contributed by atoms with E-state index in [2.05, 4.69) is 40.8 Å². The Morgan fingerprint density at radius 3 is 2.21 bits per heavy atom. The predicted molar refractivity (Wildman–Crippen MR) is 67.3 cm³/mol. The van der Waals surface area contributed by atoms with Crippen LogP contribution in [0.25, 0.3) is 0 Å². The second-order valence-electron chi connectivity index (χ2n) is 3.63. The second-order valence-corrected chi connectivity index (χ2v) is 4.83. The van der Waals surface area contributed by atoms with E-state index >= 15 is 0 Å². The maximum atomic E-state index is 4.17. The van der Waals surface area contributed by atoms with E-state index in [0.29, 0.717) is 0 Å². The quantitative estimate of drug-likeness (QED) is 0.605. The minimum atomic E-state index is 1.22.